The van der Waals surface area contributed by atoms with Gasteiger partial charge in [0.05, 0.1) is 7.05 Å². The molecule has 0 radical (unpaired) electrons. The third-order valence-electron chi connectivity index (χ3n) is 3.92. The standard InChI is InChI=1S/C18H18F4N2O2/c1-12(13-3-5-14(19)6-4-13)24(2)11-17(25)23-15-7-9-16(10-8-15)26-18(20,21)22/h3-10,12H,11H2,1-2H3,(H,23,25)/p+1/t12-/m1/s1. The van der Waals surface area contributed by atoms with Crippen LogP contribution in [0.4, 0.5) is 23.2 Å². The van der Waals surface area contributed by atoms with E-state index in [-0.39, 0.29) is 30.1 Å². The molecule has 1 amide bonds. The first-order valence-electron chi connectivity index (χ1n) is 7.87. The second-order valence-electron chi connectivity index (χ2n) is 5.92. The van der Waals surface area contributed by atoms with E-state index in [1.165, 1.54) is 24.3 Å². The summed E-state index contributed by atoms with van der Waals surface area (Å²) in [6, 6.07) is 10.9. The zero-order chi connectivity index (χ0) is 19.3. The minimum Gasteiger partial charge on any atom is -0.406 e. The molecular weight excluding hydrogens is 352 g/mol. The molecule has 2 N–H and O–H groups in total. The number of alkyl halides is 3. The zero-order valence-electron chi connectivity index (χ0n) is 14.2. The maximum atomic E-state index is 13.0. The Hall–Kier alpha value is -2.61. The van der Waals surface area contributed by atoms with Crippen LogP contribution in [0.3, 0.4) is 0 Å². The Balaban J connectivity index is 1.90. The Bertz CT molecular complexity index is 730. The van der Waals surface area contributed by atoms with Crippen molar-refractivity contribution in [3.05, 3.63) is 59.9 Å². The Morgan fingerprint density at radius 2 is 1.69 bits per heavy atom. The number of hydrogen-bond donors (Lipinski definition) is 2. The fourth-order valence-corrected chi connectivity index (χ4v) is 2.39. The van der Waals surface area contributed by atoms with Crippen molar-refractivity contribution < 1.29 is 32.0 Å². The van der Waals surface area contributed by atoms with Crippen molar-refractivity contribution in [1.82, 2.24) is 0 Å². The number of likely N-dealkylation sites (N-methyl/N-ethyl adjacent to an activating group) is 1. The summed E-state index contributed by atoms with van der Waals surface area (Å²) in [5.74, 6) is -0.974. The molecule has 2 aromatic carbocycles. The summed E-state index contributed by atoms with van der Waals surface area (Å²) < 4.78 is 53.1. The highest BCUT2D eigenvalue weighted by atomic mass is 19.4. The Kier molecular flexibility index (Phi) is 6.20. The summed E-state index contributed by atoms with van der Waals surface area (Å²) in [4.78, 5) is 13.0. The van der Waals surface area contributed by atoms with Gasteiger partial charge in [-0.25, -0.2) is 4.39 Å². The van der Waals surface area contributed by atoms with Crippen LogP contribution >= 0.6 is 0 Å². The van der Waals surface area contributed by atoms with E-state index in [0.717, 1.165) is 22.6 Å². The molecule has 0 spiro atoms. The summed E-state index contributed by atoms with van der Waals surface area (Å²) in [5.41, 5.74) is 1.26. The van der Waals surface area contributed by atoms with E-state index in [1.807, 2.05) is 14.0 Å². The molecule has 2 aromatic rings. The summed E-state index contributed by atoms with van der Waals surface area (Å²) >= 11 is 0. The number of quaternary nitrogens is 1. The highest BCUT2D eigenvalue weighted by Gasteiger charge is 2.31. The molecule has 140 valence electrons. The lowest BCUT2D eigenvalue weighted by Crippen LogP contribution is -3.10. The predicted octanol–water partition coefficient (Wildman–Crippen LogP) is 2.94. The van der Waals surface area contributed by atoms with Crippen molar-refractivity contribution in [3.8, 4) is 5.75 Å². The largest absolute Gasteiger partial charge is 0.573 e. The number of carbonyl (C=O) groups excluding carboxylic acids is 1. The summed E-state index contributed by atoms with van der Waals surface area (Å²) in [7, 11) is 1.83. The van der Waals surface area contributed by atoms with E-state index in [0.29, 0.717) is 5.69 Å². The first kappa shape index (κ1) is 19.7. The lowest BCUT2D eigenvalue weighted by Gasteiger charge is -2.21. The summed E-state index contributed by atoms with van der Waals surface area (Å²) in [5, 5.41) is 2.62. The fraction of sp³-hybridized carbons (Fsp3) is 0.278. The number of halogens is 4. The predicted molar refractivity (Wildman–Crippen MR) is 88.3 cm³/mol. The van der Waals surface area contributed by atoms with Gasteiger partial charge >= 0.3 is 6.36 Å². The van der Waals surface area contributed by atoms with Crippen LogP contribution in [0, 0.1) is 5.82 Å². The normalized spacial score (nSPS) is 13.8. The van der Waals surface area contributed by atoms with Gasteiger partial charge in [0, 0.05) is 11.3 Å². The van der Waals surface area contributed by atoms with E-state index in [2.05, 4.69) is 10.1 Å². The highest BCUT2D eigenvalue weighted by Crippen LogP contribution is 2.23. The van der Waals surface area contributed by atoms with Crippen molar-refractivity contribution in [3.63, 3.8) is 0 Å². The second kappa shape index (κ2) is 8.18. The van der Waals surface area contributed by atoms with Gasteiger partial charge < -0.3 is 15.0 Å². The lowest BCUT2D eigenvalue weighted by atomic mass is 10.1. The van der Waals surface area contributed by atoms with E-state index in [1.54, 1.807) is 12.1 Å². The van der Waals surface area contributed by atoms with Gasteiger partial charge in [-0.05, 0) is 43.3 Å². The van der Waals surface area contributed by atoms with Gasteiger partial charge in [0.2, 0.25) is 0 Å². The third-order valence-corrected chi connectivity index (χ3v) is 3.92. The summed E-state index contributed by atoms with van der Waals surface area (Å²) in [6.07, 6.45) is -4.76. The highest BCUT2D eigenvalue weighted by molar-refractivity contribution is 5.91. The van der Waals surface area contributed by atoms with Crippen LogP contribution in [-0.4, -0.2) is 25.9 Å². The smallest absolute Gasteiger partial charge is 0.406 e. The second-order valence-corrected chi connectivity index (χ2v) is 5.92. The van der Waals surface area contributed by atoms with E-state index >= 15 is 0 Å². The number of rotatable bonds is 6. The van der Waals surface area contributed by atoms with Gasteiger partial charge in [-0.2, -0.15) is 0 Å². The molecule has 1 unspecified atom stereocenters. The molecule has 26 heavy (non-hydrogen) atoms. The van der Waals surface area contributed by atoms with Crippen LogP contribution in [0.2, 0.25) is 0 Å². The number of ether oxygens (including phenoxy) is 1. The molecule has 0 saturated heterocycles. The molecule has 8 heteroatoms. The molecule has 0 aliphatic carbocycles. The molecule has 2 rings (SSSR count). The SMILES string of the molecule is C[C@H](c1ccc(F)cc1)[NH+](C)CC(=O)Nc1ccc(OC(F)(F)F)cc1. The Morgan fingerprint density at radius 3 is 2.23 bits per heavy atom. The van der Waals surface area contributed by atoms with Crippen LogP contribution in [-0.2, 0) is 4.79 Å². The number of anilines is 1. The van der Waals surface area contributed by atoms with Gasteiger partial charge in [0.1, 0.15) is 17.6 Å². The third kappa shape index (κ3) is 6.03. The van der Waals surface area contributed by atoms with E-state index < -0.39 is 6.36 Å². The molecular formula is C18H19F4N2O2+. The molecule has 0 heterocycles. The minimum atomic E-state index is -4.76. The van der Waals surface area contributed by atoms with Gasteiger partial charge in [0.25, 0.3) is 5.91 Å². The molecule has 0 saturated carbocycles. The first-order valence-corrected chi connectivity index (χ1v) is 7.87. The topological polar surface area (TPSA) is 42.8 Å². The average Bonchev–Trinajstić information content (AvgIpc) is 2.55. The van der Waals surface area contributed by atoms with Crippen molar-refractivity contribution in [2.24, 2.45) is 0 Å². The Labute approximate surface area is 148 Å². The number of amides is 1. The Morgan fingerprint density at radius 1 is 1.12 bits per heavy atom. The molecule has 2 atom stereocenters. The first-order chi connectivity index (χ1) is 12.1. The van der Waals surface area contributed by atoms with Crippen molar-refractivity contribution in [2.45, 2.75) is 19.3 Å². The van der Waals surface area contributed by atoms with Crippen LogP contribution in [0.1, 0.15) is 18.5 Å². The minimum absolute atomic E-state index is 0.0380. The average molecular weight is 371 g/mol. The maximum absolute atomic E-state index is 13.0. The number of nitrogens with one attached hydrogen (secondary N) is 2. The van der Waals surface area contributed by atoms with Crippen molar-refractivity contribution in [2.75, 3.05) is 18.9 Å². The van der Waals surface area contributed by atoms with E-state index in [9.17, 15) is 22.4 Å². The maximum Gasteiger partial charge on any atom is 0.573 e. The van der Waals surface area contributed by atoms with Crippen molar-refractivity contribution >= 4 is 11.6 Å². The van der Waals surface area contributed by atoms with Gasteiger partial charge in [-0.1, -0.05) is 12.1 Å². The number of benzene rings is 2. The van der Waals surface area contributed by atoms with Crippen molar-refractivity contribution in [1.29, 1.82) is 0 Å². The van der Waals surface area contributed by atoms with Gasteiger partial charge in [-0.3, -0.25) is 4.79 Å². The van der Waals surface area contributed by atoms with E-state index in [4.69, 9.17) is 0 Å². The number of carbonyl (C=O) groups is 1. The monoisotopic (exact) mass is 371 g/mol. The van der Waals surface area contributed by atoms with Gasteiger partial charge in [-0.15, -0.1) is 13.2 Å². The van der Waals surface area contributed by atoms with Crippen LogP contribution in [0.15, 0.2) is 48.5 Å². The summed E-state index contributed by atoms with van der Waals surface area (Å²) in [6.45, 7) is 2.05. The van der Waals surface area contributed by atoms with Crippen LogP contribution in [0.25, 0.3) is 0 Å². The zero-order valence-corrected chi connectivity index (χ0v) is 14.2. The molecule has 0 fully saturated rings. The molecule has 0 aliphatic heterocycles. The van der Waals surface area contributed by atoms with Crippen LogP contribution < -0.4 is 15.0 Å². The molecule has 4 nitrogen and oxygen atoms in total. The number of hydrogen-bond acceptors (Lipinski definition) is 2. The van der Waals surface area contributed by atoms with Crippen LogP contribution in [0.5, 0.6) is 5.75 Å². The fourth-order valence-electron chi connectivity index (χ4n) is 2.39. The quantitative estimate of drug-likeness (QED) is 0.767. The van der Waals surface area contributed by atoms with Gasteiger partial charge in [0.15, 0.2) is 6.54 Å². The lowest BCUT2D eigenvalue weighted by molar-refractivity contribution is -0.902. The molecule has 0 aliphatic rings. The molecule has 0 aromatic heterocycles. The molecule has 0 bridgehead atoms.